The van der Waals surface area contributed by atoms with Crippen LogP contribution in [-0.4, -0.2) is 45.2 Å². The molecule has 1 aliphatic heterocycles. The Morgan fingerprint density at radius 1 is 0.931 bits per heavy atom. The van der Waals surface area contributed by atoms with E-state index in [2.05, 4.69) is 22.3 Å². The van der Waals surface area contributed by atoms with Crippen molar-refractivity contribution in [1.29, 1.82) is 0 Å². The molecule has 0 spiro atoms. The molecule has 1 amide bonds. The average molecular weight is 399 g/mol. The van der Waals surface area contributed by atoms with E-state index in [-0.39, 0.29) is 11.9 Å². The first-order chi connectivity index (χ1) is 14.1. The van der Waals surface area contributed by atoms with E-state index >= 15 is 0 Å². The van der Waals surface area contributed by atoms with Crippen LogP contribution in [-0.2, 0) is 4.79 Å². The summed E-state index contributed by atoms with van der Waals surface area (Å²) in [5.74, 6) is 2.09. The predicted molar refractivity (Wildman–Crippen MR) is 114 cm³/mol. The van der Waals surface area contributed by atoms with Crippen molar-refractivity contribution in [2.45, 2.75) is 31.7 Å². The van der Waals surface area contributed by atoms with Gasteiger partial charge in [0, 0.05) is 29.9 Å². The van der Waals surface area contributed by atoms with Gasteiger partial charge in [0.1, 0.15) is 17.2 Å². The van der Waals surface area contributed by atoms with Crippen molar-refractivity contribution in [2.24, 2.45) is 0 Å². The number of benzene rings is 2. The SMILES string of the molecule is COc1ccc([C@@H]2CCCCCN2CC(=O)Nc2cc(OC)cc(OC)c2)cc1. The second kappa shape index (κ2) is 10.2. The number of likely N-dealkylation sites (tertiary alicyclic amines) is 1. The monoisotopic (exact) mass is 398 g/mol. The number of nitrogens with one attached hydrogen (secondary N) is 1. The largest absolute Gasteiger partial charge is 0.497 e. The smallest absolute Gasteiger partial charge is 0.238 e. The number of carbonyl (C=O) groups is 1. The van der Waals surface area contributed by atoms with E-state index in [4.69, 9.17) is 14.2 Å². The molecule has 0 aliphatic carbocycles. The molecule has 29 heavy (non-hydrogen) atoms. The van der Waals surface area contributed by atoms with Crippen LogP contribution in [0.3, 0.4) is 0 Å². The van der Waals surface area contributed by atoms with Gasteiger partial charge < -0.3 is 19.5 Å². The molecule has 1 aliphatic rings. The fourth-order valence-corrected chi connectivity index (χ4v) is 3.83. The Bertz CT molecular complexity index is 785. The third-order valence-electron chi connectivity index (χ3n) is 5.35. The van der Waals surface area contributed by atoms with Gasteiger partial charge in [0.05, 0.1) is 27.9 Å². The average Bonchev–Trinajstić information content (AvgIpc) is 2.98. The van der Waals surface area contributed by atoms with Gasteiger partial charge in [-0.05, 0) is 37.1 Å². The van der Waals surface area contributed by atoms with Gasteiger partial charge >= 0.3 is 0 Å². The van der Waals surface area contributed by atoms with E-state index in [1.165, 1.54) is 18.4 Å². The molecule has 6 heteroatoms. The van der Waals surface area contributed by atoms with Crippen molar-refractivity contribution < 1.29 is 19.0 Å². The summed E-state index contributed by atoms with van der Waals surface area (Å²) in [4.78, 5) is 15.1. The maximum Gasteiger partial charge on any atom is 0.238 e. The minimum Gasteiger partial charge on any atom is -0.497 e. The number of rotatable bonds is 7. The highest BCUT2D eigenvalue weighted by Gasteiger charge is 2.24. The molecular formula is C23H30N2O4. The Hall–Kier alpha value is -2.73. The third-order valence-corrected chi connectivity index (χ3v) is 5.35. The molecule has 0 bridgehead atoms. The minimum atomic E-state index is -0.0410. The summed E-state index contributed by atoms with van der Waals surface area (Å²) in [5, 5.41) is 2.99. The van der Waals surface area contributed by atoms with E-state index in [1.807, 2.05) is 12.1 Å². The zero-order chi connectivity index (χ0) is 20.6. The predicted octanol–water partition coefficient (Wildman–Crippen LogP) is 4.27. The highest BCUT2D eigenvalue weighted by atomic mass is 16.5. The summed E-state index contributed by atoms with van der Waals surface area (Å²) >= 11 is 0. The minimum absolute atomic E-state index is 0.0410. The summed E-state index contributed by atoms with van der Waals surface area (Å²) < 4.78 is 15.9. The molecule has 1 heterocycles. The topological polar surface area (TPSA) is 60.0 Å². The Labute approximate surface area is 172 Å². The number of anilines is 1. The van der Waals surface area contributed by atoms with Crippen molar-refractivity contribution in [3.05, 3.63) is 48.0 Å². The van der Waals surface area contributed by atoms with Crippen LogP contribution >= 0.6 is 0 Å². The van der Waals surface area contributed by atoms with Crippen molar-refractivity contribution in [3.63, 3.8) is 0 Å². The molecule has 1 saturated heterocycles. The molecule has 1 N–H and O–H groups in total. The van der Waals surface area contributed by atoms with Gasteiger partial charge in [-0.1, -0.05) is 25.0 Å². The van der Waals surface area contributed by atoms with Gasteiger partial charge in [-0.2, -0.15) is 0 Å². The lowest BCUT2D eigenvalue weighted by atomic mass is 10.0. The number of nitrogens with zero attached hydrogens (tertiary/aromatic N) is 1. The molecule has 0 radical (unpaired) electrons. The third kappa shape index (κ3) is 5.64. The van der Waals surface area contributed by atoms with Crippen LogP contribution in [0.1, 0.15) is 37.3 Å². The number of methoxy groups -OCH3 is 3. The molecule has 3 rings (SSSR count). The lowest BCUT2D eigenvalue weighted by Gasteiger charge is -2.30. The molecule has 0 unspecified atom stereocenters. The molecule has 2 aromatic carbocycles. The van der Waals surface area contributed by atoms with Crippen molar-refractivity contribution in [2.75, 3.05) is 39.7 Å². The van der Waals surface area contributed by atoms with E-state index in [0.717, 1.165) is 25.1 Å². The second-order valence-electron chi connectivity index (χ2n) is 7.26. The van der Waals surface area contributed by atoms with E-state index in [0.29, 0.717) is 23.7 Å². The molecular weight excluding hydrogens is 368 g/mol. The molecule has 1 atom stereocenters. The first-order valence-electron chi connectivity index (χ1n) is 10.0. The summed E-state index contributed by atoms with van der Waals surface area (Å²) in [6.45, 7) is 1.25. The maximum atomic E-state index is 12.8. The van der Waals surface area contributed by atoms with Gasteiger partial charge in [0.15, 0.2) is 0 Å². The van der Waals surface area contributed by atoms with Crippen molar-refractivity contribution >= 4 is 11.6 Å². The standard InChI is InChI=1S/C23H30N2O4/c1-27-19-10-8-17(9-11-19)22-7-5-4-6-12-25(22)16-23(26)24-18-13-20(28-2)15-21(14-18)29-3/h8-11,13-15,22H,4-7,12,16H2,1-3H3,(H,24,26)/t22-/m0/s1. The lowest BCUT2D eigenvalue weighted by Crippen LogP contribution is -2.36. The molecule has 0 aromatic heterocycles. The maximum absolute atomic E-state index is 12.8. The molecule has 2 aromatic rings. The zero-order valence-electron chi connectivity index (χ0n) is 17.4. The van der Waals surface area contributed by atoms with Crippen LogP contribution in [0.5, 0.6) is 17.2 Å². The van der Waals surface area contributed by atoms with E-state index in [9.17, 15) is 4.79 Å². The number of amides is 1. The number of hydrogen-bond donors (Lipinski definition) is 1. The van der Waals surface area contributed by atoms with Gasteiger partial charge in [0.2, 0.25) is 5.91 Å². The lowest BCUT2D eigenvalue weighted by molar-refractivity contribution is -0.117. The van der Waals surface area contributed by atoms with Crippen LogP contribution in [0.2, 0.25) is 0 Å². The quantitative estimate of drug-likeness (QED) is 0.755. The Kier molecular flexibility index (Phi) is 7.36. The fraction of sp³-hybridized carbons (Fsp3) is 0.435. The fourth-order valence-electron chi connectivity index (χ4n) is 3.83. The Morgan fingerprint density at radius 2 is 1.59 bits per heavy atom. The van der Waals surface area contributed by atoms with Crippen LogP contribution in [0.15, 0.2) is 42.5 Å². The first kappa shape index (κ1) is 21.0. The van der Waals surface area contributed by atoms with E-state index < -0.39 is 0 Å². The van der Waals surface area contributed by atoms with Gasteiger partial charge in [-0.3, -0.25) is 9.69 Å². The Balaban J connectivity index is 1.72. The number of carbonyl (C=O) groups excluding carboxylic acids is 1. The number of hydrogen-bond acceptors (Lipinski definition) is 5. The first-order valence-corrected chi connectivity index (χ1v) is 10.0. The molecule has 156 valence electrons. The van der Waals surface area contributed by atoms with Gasteiger partial charge in [-0.25, -0.2) is 0 Å². The molecule has 1 fully saturated rings. The highest BCUT2D eigenvalue weighted by Crippen LogP contribution is 2.31. The van der Waals surface area contributed by atoms with E-state index in [1.54, 1.807) is 39.5 Å². The van der Waals surface area contributed by atoms with Crippen LogP contribution in [0, 0.1) is 0 Å². The van der Waals surface area contributed by atoms with Crippen molar-refractivity contribution in [1.82, 2.24) is 4.90 Å². The van der Waals surface area contributed by atoms with Crippen LogP contribution in [0.25, 0.3) is 0 Å². The summed E-state index contributed by atoms with van der Waals surface area (Å²) in [5.41, 5.74) is 1.89. The number of ether oxygens (including phenoxy) is 3. The molecule has 0 saturated carbocycles. The molecule has 6 nitrogen and oxygen atoms in total. The zero-order valence-corrected chi connectivity index (χ0v) is 17.4. The summed E-state index contributed by atoms with van der Waals surface area (Å²) in [6, 6.07) is 13.8. The van der Waals surface area contributed by atoms with Gasteiger partial charge in [0.25, 0.3) is 0 Å². The normalized spacial score (nSPS) is 17.3. The second-order valence-corrected chi connectivity index (χ2v) is 7.26. The highest BCUT2D eigenvalue weighted by molar-refractivity contribution is 5.92. The summed E-state index contributed by atoms with van der Waals surface area (Å²) in [7, 11) is 4.86. The Morgan fingerprint density at radius 3 is 2.21 bits per heavy atom. The van der Waals surface area contributed by atoms with Crippen LogP contribution < -0.4 is 19.5 Å². The van der Waals surface area contributed by atoms with Crippen LogP contribution in [0.4, 0.5) is 5.69 Å². The van der Waals surface area contributed by atoms with Gasteiger partial charge in [-0.15, -0.1) is 0 Å². The van der Waals surface area contributed by atoms with Crippen molar-refractivity contribution in [3.8, 4) is 17.2 Å². The summed E-state index contributed by atoms with van der Waals surface area (Å²) in [6.07, 6.45) is 4.51.